The summed E-state index contributed by atoms with van der Waals surface area (Å²) in [4.78, 5) is 9.29. The molecule has 0 aromatic carbocycles. The molecule has 1 saturated carbocycles. The zero-order valence-corrected chi connectivity index (χ0v) is 12.6. The van der Waals surface area contributed by atoms with E-state index in [1.165, 1.54) is 12.8 Å². The molecule has 1 aromatic heterocycles. The van der Waals surface area contributed by atoms with Gasteiger partial charge in [0.1, 0.15) is 16.7 Å². The van der Waals surface area contributed by atoms with E-state index in [4.69, 9.17) is 4.74 Å². The summed E-state index contributed by atoms with van der Waals surface area (Å²) in [7, 11) is 1.74. The first kappa shape index (κ1) is 14.6. The minimum Gasteiger partial charge on any atom is -0.385 e. The number of nitrogens with zero attached hydrogens (tertiary/aromatic N) is 2. The van der Waals surface area contributed by atoms with Crippen LogP contribution in [0.4, 0.5) is 5.82 Å². The van der Waals surface area contributed by atoms with Crippen LogP contribution in [0.25, 0.3) is 0 Å². The molecule has 0 aliphatic heterocycles. The molecule has 106 valence electrons. The summed E-state index contributed by atoms with van der Waals surface area (Å²) in [5, 5.41) is 4.46. The molecule has 1 aliphatic carbocycles. The highest BCUT2D eigenvalue weighted by molar-refractivity contribution is 7.99. The predicted octanol–water partition coefficient (Wildman–Crippen LogP) is 3.30. The number of methoxy groups -OCH3 is 1. The van der Waals surface area contributed by atoms with Gasteiger partial charge in [0.15, 0.2) is 0 Å². The smallest absolute Gasteiger partial charge is 0.135 e. The van der Waals surface area contributed by atoms with E-state index in [1.807, 2.05) is 0 Å². The van der Waals surface area contributed by atoms with Crippen molar-refractivity contribution in [3.63, 3.8) is 0 Å². The fourth-order valence-corrected chi connectivity index (χ4v) is 2.59. The topological polar surface area (TPSA) is 47.0 Å². The van der Waals surface area contributed by atoms with Crippen LogP contribution in [0.2, 0.25) is 0 Å². The molecule has 1 N–H and O–H groups in total. The van der Waals surface area contributed by atoms with Gasteiger partial charge in [0.05, 0.1) is 0 Å². The molecule has 2 rings (SSSR count). The molecule has 1 heterocycles. The highest BCUT2D eigenvalue weighted by Gasteiger charge is 2.27. The van der Waals surface area contributed by atoms with E-state index in [0.717, 1.165) is 48.4 Å². The average Bonchev–Trinajstić information content (AvgIpc) is 3.26. The molecule has 0 unspecified atom stereocenters. The zero-order valence-electron chi connectivity index (χ0n) is 11.8. The molecule has 0 spiro atoms. The first-order valence-electron chi connectivity index (χ1n) is 7.08. The zero-order chi connectivity index (χ0) is 13.5. The van der Waals surface area contributed by atoms with Crippen LogP contribution >= 0.6 is 11.8 Å². The predicted molar refractivity (Wildman–Crippen MR) is 80.0 cm³/mol. The van der Waals surface area contributed by atoms with E-state index in [0.29, 0.717) is 5.92 Å². The van der Waals surface area contributed by atoms with Crippen LogP contribution in [0, 0.1) is 0 Å². The molecule has 0 radical (unpaired) electrons. The summed E-state index contributed by atoms with van der Waals surface area (Å²) >= 11 is 1.80. The van der Waals surface area contributed by atoms with E-state index >= 15 is 0 Å². The van der Waals surface area contributed by atoms with Gasteiger partial charge < -0.3 is 10.1 Å². The Hall–Kier alpha value is -0.810. The number of anilines is 1. The summed E-state index contributed by atoms with van der Waals surface area (Å²) in [6.45, 7) is 3.94. The molecule has 1 aromatic rings. The van der Waals surface area contributed by atoms with Crippen molar-refractivity contribution >= 4 is 17.6 Å². The second-order valence-electron chi connectivity index (χ2n) is 4.85. The maximum Gasteiger partial charge on any atom is 0.135 e. The van der Waals surface area contributed by atoms with Crippen LogP contribution in [0.15, 0.2) is 11.1 Å². The number of hydrogen-bond donors (Lipinski definition) is 1. The lowest BCUT2D eigenvalue weighted by Crippen LogP contribution is -2.05. The van der Waals surface area contributed by atoms with Gasteiger partial charge in [0.25, 0.3) is 0 Å². The van der Waals surface area contributed by atoms with Crippen LogP contribution in [0.3, 0.4) is 0 Å². The van der Waals surface area contributed by atoms with Gasteiger partial charge in [-0.15, -0.1) is 11.8 Å². The Bertz CT molecular complexity index is 396. The van der Waals surface area contributed by atoms with Gasteiger partial charge in [-0.25, -0.2) is 9.97 Å². The third kappa shape index (κ3) is 4.99. The summed E-state index contributed by atoms with van der Waals surface area (Å²) < 4.78 is 5.07. The number of thioether (sulfide) groups is 1. The lowest BCUT2D eigenvalue weighted by atomic mass is 10.4. The lowest BCUT2D eigenvalue weighted by molar-refractivity contribution is 0.200. The Morgan fingerprint density at radius 3 is 2.95 bits per heavy atom. The molecule has 4 nitrogen and oxygen atoms in total. The van der Waals surface area contributed by atoms with Crippen molar-refractivity contribution in [1.82, 2.24) is 9.97 Å². The van der Waals surface area contributed by atoms with Crippen molar-refractivity contribution in [2.24, 2.45) is 0 Å². The van der Waals surface area contributed by atoms with Crippen LogP contribution in [-0.2, 0) is 4.74 Å². The number of rotatable bonds is 9. The molecule has 1 fully saturated rings. The molecule has 0 bridgehead atoms. The number of ether oxygens (including phenoxy) is 1. The third-order valence-electron chi connectivity index (χ3n) is 2.96. The van der Waals surface area contributed by atoms with Gasteiger partial charge in [-0.3, -0.25) is 0 Å². The van der Waals surface area contributed by atoms with E-state index in [9.17, 15) is 0 Å². The molecular weight excluding hydrogens is 258 g/mol. The highest BCUT2D eigenvalue weighted by atomic mass is 32.2. The summed E-state index contributed by atoms with van der Waals surface area (Å²) in [6.07, 6.45) is 4.65. The minimum atomic E-state index is 0.599. The lowest BCUT2D eigenvalue weighted by Gasteiger charge is -2.09. The molecule has 1 aliphatic rings. The van der Waals surface area contributed by atoms with Gasteiger partial charge in [0, 0.05) is 38.0 Å². The van der Waals surface area contributed by atoms with Crippen LogP contribution in [0.1, 0.15) is 44.3 Å². The monoisotopic (exact) mass is 281 g/mol. The molecule has 0 saturated heterocycles. The van der Waals surface area contributed by atoms with Gasteiger partial charge >= 0.3 is 0 Å². The van der Waals surface area contributed by atoms with Gasteiger partial charge in [-0.1, -0.05) is 6.92 Å². The SMILES string of the molecule is CCCNc1cc(SCCCOC)nc(C2CC2)n1. The Kier molecular flexibility index (Phi) is 5.92. The largest absolute Gasteiger partial charge is 0.385 e. The fraction of sp³-hybridized carbons (Fsp3) is 0.714. The number of aromatic nitrogens is 2. The second kappa shape index (κ2) is 7.70. The molecule has 5 heteroatoms. The Morgan fingerprint density at radius 2 is 2.26 bits per heavy atom. The van der Waals surface area contributed by atoms with Crippen molar-refractivity contribution in [2.75, 3.05) is 31.3 Å². The number of nitrogens with one attached hydrogen (secondary N) is 1. The van der Waals surface area contributed by atoms with Crippen LogP contribution < -0.4 is 5.32 Å². The first-order valence-corrected chi connectivity index (χ1v) is 8.06. The van der Waals surface area contributed by atoms with E-state index < -0.39 is 0 Å². The van der Waals surface area contributed by atoms with E-state index in [1.54, 1.807) is 18.9 Å². The van der Waals surface area contributed by atoms with E-state index in [-0.39, 0.29) is 0 Å². The fourth-order valence-electron chi connectivity index (χ4n) is 1.76. The third-order valence-corrected chi connectivity index (χ3v) is 3.96. The van der Waals surface area contributed by atoms with Crippen molar-refractivity contribution in [3.8, 4) is 0 Å². The quantitative estimate of drug-likeness (QED) is 0.427. The minimum absolute atomic E-state index is 0.599. The first-order chi connectivity index (χ1) is 9.33. The van der Waals surface area contributed by atoms with Crippen molar-refractivity contribution in [3.05, 3.63) is 11.9 Å². The Labute approximate surface area is 119 Å². The average molecular weight is 281 g/mol. The van der Waals surface area contributed by atoms with Crippen molar-refractivity contribution in [1.29, 1.82) is 0 Å². The number of hydrogen-bond acceptors (Lipinski definition) is 5. The normalized spacial score (nSPS) is 14.6. The second-order valence-corrected chi connectivity index (χ2v) is 5.96. The van der Waals surface area contributed by atoms with Gasteiger partial charge in [-0.2, -0.15) is 0 Å². The van der Waals surface area contributed by atoms with E-state index in [2.05, 4.69) is 28.3 Å². The van der Waals surface area contributed by atoms with Crippen LogP contribution in [-0.4, -0.2) is 36.0 Å². The van der Waals surface area contributed by atoms with Gasteiger partial charge in [0.2, 0.25) is 0 Å². The molecule has 0 amide bonds. The van der Waals surface area contributed by atoms with Crippen molar-refractivity contribution < 1.29 is 4.74 Å². The summed E-state index contributed by atoms with van der Waals surface area (Å²) in [5.74, 6) is 3.65. The molecular formula is C14H23N3OS. The highest BCUT2D eigenvalue weighted by Crippen LogP contribution is 2.39. The maximum atomic E-state index is 5.07. The Balaban J connectivity index is 1.97. The molecule has 0 atom stereocenters. The summed E-state index contributed by atoms with van der Waals surface area (Å²) in [6, 6.07) is 2.07. The summed E-state index contributed by atoms with van der Waals surface area (Å²) in [5.41, 5.74) is 0. The standard InChI is InChI=1S/C14H23N3OS/c1-3-7-15-12-10-13(19-9-4-8-18-2)17-14(16-12)11-5-6-11/h10-11H,3-9H2,1-2H3,(H,15,16,17). The Morgan fingerprint density at radius 1 is 1.42 bits per heavy atom. The molecule has 19 heavy (non-hydrogen) atoms. The van der Waals surface area contributed by atoms with Gasteiger partial charge in [-0.05, 0) is 25.7 Å². The van der Waals surface area contributed by atoms with Crippen molar-refractivity contribution in [2.45, 2.75) is 43.6 Å². The van der Waals surface area contributed by atoms with Crippen LogP contribution in [0.5, 0.6) is 0 Å². The maximum absolute atomic E-state index is 5.07.